The van der Waals surface area contributed by atoms with Crippen LogP contribution in [0, 0.1) is 5.92 Å². The van der Waals surface area contributed by atoms with Gasteiger partial charge in [-0.25, -0.2) is 0 Å². The molecule has 3 heterocycles. The maximum atomic E-state index is 9.67. The fraction of sp³-hybridized carbons (Fsp3) is 0.692. The zero-order chi connectivity index (χ0) is 11.1. The van der Waals surface area contributed by atoms with Crippen LogP contribution >= 0.6 is 11.3 Å². The number of thiophene rings is 1. The first kappa shape index (κ1) is 10.8. The van der Waals surface area contributed by atoms with Crippen molar-refractivity contribution in [2.45, 2.75) is 37.3 Å². The third kappa shape index (κ3) is 1.53. The normalized spacial score (nSPS) is 39.1. The average molecular weight is 237 g/mol. The summed E-state index contributed by atoms with van der Waals surface area (Å²) in [5.74, 6) is 1.03. The van der Waals surface area contributed by atoms with E-state index in [0.717, 1.165) is 6.04 Å². The summed E-state index contributed by atoms with van der Waals surface area (Å²) in [5, 5.41) is 14.1. The molecule has 0 amide bonds. The van der Waals surface area contributed by atoms with Gasteiger partial charge in [-0.1, -0.05) is 0 Å². The fourth-order valence-corrected chi connectivity index (χ4v) is 4.42. The highest BCUT2D eigenvalue weighted by Crippen LogP contribution is 2.46. The molecule has 4 atom stereocenters. The van der Waals surface area contributed by atoms with E-state index in [9.17, 15) is 5.11 Å². The summed E-state index contributed by atoms with van der Waals surface area (Å²) in [6.07, 6.45) is 3.82. The Kier molecular flexibility index (Phi) is 2.78. The molecular formula is C13H19NOS. The van der Waals surface area contributed by atoms with Crippen LogP contribution in [0.1, 0.15) is 30.7 Å². The van der Waals surface area contributed by atoms with E-state index in [-0.39, 0.29) is 0 Å². The Labute approximate surface area is 101 Å². The molecule has 0 radical (unpaired) electrons. The van der Waals surface area contributed by atoms with Gasteiger partial charge in [0, 0.05) is 24.6 Å². The van der Waals surface area contributed by atoms with Crippen LogP contribution in [-0.4, -0.2) is 35.7 Å². The third-order valence-electron chi connectivity index (χ3n) is 4.61. The zero-order valence-electron chi connectivity index (χ0n) is 9.67. The Balaban J connectivity index is 1.90. The van der Waals surface area contributed by atoms with Gasteiger partial charge in [0.15, 0.2) is 0 Å². The van der Waals surface area contributed by atoms with Crippen molar-refractivity contribution in [3.63, 3.8) is 0 Å². The molecule has 1 aromatic heterocycles. The van der Waals surface area contributed by atoms with Crippen LogP contribution in [0.25, 0.3) is 0 Å². The molecule has 0 aromatic carbocycles. The van der Waals surface area contributed by atoms with Crippen molar-refractivity contribution < 1.29 is 5.11 Å². The first-order chi connectivity index (χ1) is 7.81. The predicted molar refractivity (Wildman–Crippen MR) is 66.8 cm³/mol. The molecule has 2 fully saturated rings. The highest BCUT2D eigenvalue weighted by molar-refractivity contribution is 7.07. The lowest BCUT2D eigenvalue weighted by atomic mass is 9.77. The third-order valence-corrected chi connectivity index (χ3v) is 5.32. The lowest BCUT2D eigenvalue weighted by Crippen LogP contribution is -2.46. The van der Waals surface area contributed by atoms with E-state index in [0.29, 0.717) is 24.5 Å². The second-order valence-electron chi connectivity index (χ2n) is 5.21. The smallest absolute Gasteiger partial charge is 0.0480 e. The van der Waals surface area contributed by atoms with Crippen molar-refractivity contribution in [2.75, 3.05) is 13.7 Å². The molecule has 0 saturated carbocycles. The molecule has 2 nitrogen and oxygen atoms in total. The van der Waals surface area contributed by atoms with Crippen molar-refractivity contribution in [3.05, 3.63) is 22.4 Å². The van der Waals surface area contributed by atoms with Crippen molar-refractivity contribution in [3.8, 4) is 0 Å². The Bertz CT molecular complexity index is 351. The molecule has 2 aliphatic rings. The first-order valence-corrected chi connectivity index (χ1v) is 7.10. The van der Waals surface area contributed by atoms with Crippen molar-refractivity contribution in [1.82, 2.24) is 4.90 Å². The minimum absolute atomic E-state index is 0.336. The summed E-state index contributed by atoms with van der Waals surface area (Å²) in [5.41, 5.74) is 1.45. The van der Waals surface area contributed by atoms with Crippen LogP contribution in [0.3, 0.4) is 0 Å². The Morgan fingerprint density at radius 1 is 1.50 bits per heavy atom. The van der Waals surface area contributed by atoms with Crippen LogP contribution in [0.2, 0.25) is 0 Å². The number of aliphatic hydroxyl groups is 1. The van der Waals surface area contributed by atoms with Gasteiger partial charge < -0.3 is 10.0 Å². The molecule has 1 aromatic rings. The summed E-state index contributed by atoms with van der Waals surface area (Å²) in [6.45, 7) is 0.336. The average Bonchev–Trinajstić information content (AvgIpc) is 2.87. The minimum atomic E-state index is 0.336. The molecule has 88 valence electrons. The largest absolute Gasteiger partial charge is 0.396 e. The van der Waals surface area contributed by atoms with E-state index >= 15 is 0 Å². The summed E-state index contributed by atoms with van der Waals surface area (Å²) >= 11 is 1.77. The lowest BCUT2D eigenvalue weighted by molar-refractivity contribution is 0.0593. The van der Waals surface area contributed by atoms with Gasteiger partial charge in [0.2, 0.25) is 0 Å². The SMILES string of the molecule is CN1C2CCC1C(CO)C(c1ccsc1)C2. The number of fused-ring (bicyclic) bond motifs is 2. The molecule has 2 aliphatic heterocycles. The molecule has 0 aliphatic carbocycles. The quantitative estimate of drug-likeness (QED) is 0.853. The van der Waals surface area contributed by atoms with Gasteiger partial charge in [0.1, 0.15) is 0 Å². The lowest BCUT2D eigenvalue weighted by Gasteiger charge is -2.42. The number of nitrogens with zero attached hydrogens (tertiary/aromatic N) is 1. The van der Waals surface area contributed by atoms with Gasteiger partial charge >= 0.3 is 0 Å². The second kappa shape index (κ2) is 4.13. The molecule has 4 unspecified atom stereocenters. The summed E-state index contributed by atoms with van der Waals surface area (Å²) in [6, 6.07) is 3.59. The molecule has 0 spiro atoms. The van der Waals surface area contributed by atoms with Crippen molar-refractivity contribution in [1.29, 1.82) is 0 Å². The van der Waals surface area contributed by atoms with E-state index in [2.05, 4.69) is 28.8 Å². The molecule has 3 rings (SSSR count). The van der Waals surface area contributed by atoms with Gasteiger partial charge in [-0.15, -0.1) is 0 Å². The summed E-state index contributed by atoms with van der Waals surface area (Å²) in [7, 11) is 2.23. The first-order valence-electron chi connectivity index (χ1n) is 6.16. The van der Waals surface area contributed by atoms with Crippen LogP contribution in [0.15, 0.2) is 16.8 Å². The zero-order valence-corrected chi connectivity index (χ0v) is 10.5. The van der Waals surface area contributed by atoms with E-state index < -0.39 is 0 Å². The van der Waals surface area contributed by atoms with Gasteiger partial charge in [-0.05, 0) is 54.6 Å². The van der Waals surface area contributed by atoms with Crippen LogP contribution in [0.5, 0.6) is 0 Å². The maximum Gasteiger partial charge on any atom is 0.0480 e. The topological polar surface area (TPSA) is 23.5 Å². The predicted octanol–water partition coefficient (Wildman–Crippen LogP) is 2.31. The van der Waals surface area contributed by atoms with E-state index in [1.54, 1.807) is 11.3 Å². The van der Waals surface area contributed by atoms with E-state index in [1.807, 2.05) is 0 Å². The number of hydrogen-bond acceptors (Lipinski definition) is 3. The Hall–Kier alpha value is -0.380. The van der Waals surface area contributed by atoms with Gasteiger partial charge in [0.05, 0.1) is 0 Å². The van der Waals surface area contributed by atoms with Crippen LogP contribution in [-0.2, 0) is 0 Å². The fourth-order valence-electron chi connectivity index (χ4n) is 3.70. The second-order valence-corrected chi connectivity index (χ2v) is 5.99. The molecule has 2 bridgehead atoms. The number of aliphatic hydroxyl groups excluding tert-OH is 1. The monoisotopic (exact) mass is 237 g/mol. The maximum absolute atomic E-state index is 9.67. The molecule has 16 heavy (non-hydrogen) atoms. The molecule has 1 N–H and O–H groups in total. The van der Waals surface area contributed by atoms with Gasteiger partial charge in [-0.2, -0.15) is 11.3 Å². The number of rotatable bonds is 2. The van der Waals surface area contributed by atoms with Crippen molar-refractivity contribution >= 4 is 11.3 Å². The Morgan fingerprint density at radius 3 is 3.06 bits per heavy atom. The van der Waals surface area contributed by atoms with Crippen LogP contribution in [0.4, 0.5) is 0 Å². The van der Waals surface area contributed by atoms with E-state index in [4.69, 9.17) is 0 Å². The standard InChI is InChI=1S/C13H19NOS/c1-14-10-2-3-13(14)12(7-15)11(6-10)9-4-5-16-8-9/h4-5,8,10-13,15H,2-3,6-7H2,1H3. The van der Waals surface area contributed by atoms with Crippen molar-refractivity contribution in [2.24, 2.45) is 5.92 Å². The Morgan fingerprint density at radius 2 is 2.38 bits per heavy atom. The number of hydrogen-bond donors (Lipinski definition) is 1. The molecule has 3 heteroatoms. The highest BCUT2D eigenvalue weighted by Gasteiger charge is 2.45. The highest BCUT2D eigenvalue weighted by atomic mass is 32.1. The summed E-state index contributed by atoms with van der Waals surface area (Å²) in [4.78, 5) is 2.50. The summed E-state index contributed by atoms with van der Waals surface area (Å²) < 4.78 is 0. The van der Waals surface area contributed by atoms with Crippen LogP contribution < -0.4 is 0 Å². The molecular weight excluding hydrogens is 218 g/mol. The number of piperidine rings is 1. The van der Waals surface area contributed by atoms with Gasteiger partial charge in [0.25, 0.3) is 0 Å². The molecule has 2 saturated heterocycles. The van der Waals surface area contributed by atoms with E-state index in [1.165, 1.54) is 24.8 Å². The minimum Gasteiger partial charge on any atom is -0.396 e. The van der Waals surface area contributed by atoms with Gasteiger partial charge in [-0.3, -0.25) is 0 Å².